The van der Waals surface area contributed by atoms with E-state index in [1.165, 1.54) is 0 Å². The van der Waals surface area contributed by atoms with Gasteiger partial charge < -0.3 is 10.1 Å². The topological polar surface area (TPSA) is 38.3 Å². The van der Waals surface area contributed by atoms with Gasteiger partial charge in [0.1, 0.15) is 6.04 Å². The van der Waals surface area contributed by atoms with Gasteiger partial charge in [-0.2, -0.15) is 0 Å². The quantitative estimate of drug-likeness (QED) is 0.838. The Balaban J connectivity index is 2.74. The lowest BCUT2D eigenvalue weighted by molar-refractivity contribution is -0.147. The first-order chi connectivity index (χ1) is 7.91. The maximum absolute atomic E-state index is 11.7. The largest absolute Gasteiger partial charge is 0.461 e. The maximum atomic E-state index is 11.7. The van der Waals surface area contributed by atoms with E-state index in [0.29, 0.717) is 5.02 Å². The number of benzene rings is 1. The van der Waals surface area contributed by atoms with Crippen LogP contribution in [0.4, 0.5) is 5.69 Å². The Labute approximate surface area is 107 Å². The molecule has 94 valence electrons. The highest BCUT2D eigenvalue weighted by Crippen LogP contribution is 2.25. The van der Waals surface area contributed by atoms with Crippen LogP contribution in [0.1, 0.15) is 26.3 Å². The van der Waals surface area contributed by atoms with Gasteiger partial charge >= 0.3 is 5.97 Å². The van der Waals surface area contributed by atoms with E-state index in [0.717, 1.165) is 11.3 Å². The highest BCUT2D eigenvalue weighted by Gasteiger charge is 2.17. The van der Waals surface area contributed by atoms with E-state index in [2.05, 4.69) is 5.32 Å². The molecule has 17 heavy (non-hydrogen) atoms. The van der Waals surface area contributed by atoms with Crippen LogP contribution in [0.3, 0.4) is 0 Å². The van der Waals surface area contributed by atoms with Crippen molar-refractivity contribution >= 4 is 23.3 Å². The van der Waals surface area contributed by atoms with Crippen LogP contribution in [0.2, 0.25) is 5.02 Å². The van der Waals surface area contributed by atoms with E-state index in [9.17, 15) is 4.79 Å². The van der Waals surface area contributed by atoms with Gasteiger partial charge in [-0.25, -0.2) is 4.79 Å². The Kier molecular flexibility index (Phi) is 4.82. The number of rotatable bonds is 4. The van der Waals surface area contributed by atoms with Gasteiger partial charge in [-0.15, -0.1) is 0 Å². The van der Waals surface area contributed by atoms with Crippen molar-refractivity contribution in [1.82, 2.24) is 0 Å². The lowest BCUT2D eigenvalue weighted by Gasteiger charge is -2.18. The van der Waals surface area contributed by atoms with Gasteiger partial charge in [0.2, 0.25) is 0 Å². The number of halogens is 1. The highest BCUT2D eigenvalue weighted by molar-refractivity contribution is 6.33. The summed E-state index contributed by atoms with van der Waals surface area (Å²) >= 11 is 6.07. The average molecular weight is 256 g/mol. The third-order valence-corrected chi connectivity index (χ3v) is 2.60. The summed E-state index contributed by atoms with van der Waals surface area (Å²) in [6.45, 7) is 7.35. The summed E-state index contributed by atoms with van der Waals surface area (Å²) in [5, 5.41) is 3.68. The van der Waals surface area contributed by atoms with Crippen LogP contribution in [-0.2, 0) is 9.53 Å². The van der Waals surface area contributed by atoms with E-state index < -0.39 is 6.04 Å². The molecule has 1 aromatic rings. The SMILES string of the molecule is Cc1cccc(Cl)c1N[C@@H](C)C(=O)OC(C)C. The summed E-state index contributed by atoms with van der Waals surface area (Å²) in [4.78, 5) is 11.7. The highest BCUT2D eigenvalue weighted by atomic mass is 35.5. The minimum Gasteiger partial charge on any atom is -0.461 e. The van der Waals surface area contributed by atoms with Crippen molar-refractivity contribution in [2.45, 2.75) is 39.8 Å². The van der Waals surface area contributed by atoms with Crippen LogP contribution in [-0.4, -0.2) is 18.1 Å². The molecule has 3 nitrogen and oxygen atoms in total. The Morgan fingerprint density at radius 3 is 2.53 bits per heavy atom. The van der Waals surface area contributed by atoms with Gasteiger partial charge in [-0.05, 0) is 39.3 Å². The van der Waals surface area contributed by atoms with E-state index in [1.807, 2.05) is 32.9 Å². The van der Waals surface area contributed by atoms with Gasteiger partial charge in [0.05, 0.1) is 16.8 Å². The first kappa shape index (κ1) is 13.8. The zero-order chi connectivity index (χ0) is 13.0. The smallest absolute Gasteiger partial charge is 0.328 e. The van der Waals surface area contributed by atoms with Crippen molar-refractivity contribution in [3.05, 3.63) is 28.8 Å². The number of carbonyl (C=O) groups is 1. The van der Waals surface area contributed by atoms with Crippen molar-refractivity contribution in [2.24, 2.45) is 0 Å². The van der Waals surface area contributed by atoms with Gasteiger partial charge in [0.25, 0.3) is 0 Å². The first-order valence-electron chi connectivity index (χ1n) is 5.64. The van der Waals surface area contributed by atoms with Crippen LogP contribution in [0.5, 0.6) is 0 Å². The lowest BCUT2D eigenvalue weighted by atomic mass is 10.2. The van der Waals surface area contributed by atoms with E-state index in [-0.39, 0.29) is 12.1 Å². The summed E-state index contributed by atoms with van der Waals surface area (Å²) in [6, 6.07) is 5.18. The number of para-hydroxylation sites is 1. The Morgan fingerprint density at radius 1 is 1.35 bits per heavy atom. The monoisotopic (exact) mass is 255 g/mol. The summed E-state index contributed by atoms with van der Waals surface area (Å²) < 4.78 is 5.12. The molecular weight excluding hydrogens is 238 g/mol. The summed E-state index contributed by atoms with van der Waals surface area (Å²) in [6.07, 6.45) is -0.112. The molecular formula is C13H18ClNO2. The molecule has 0 radical (unpaired) electrons. The van der Waals surface area contributed by atoms with Crippen LogP contribution >= 0.6 is 11.6 Å². The van der Waals surface area contributed by atoms with E-state index in [1.54, 1.807) is 13.0 Å². The second-order valence-corrected chi connectivity index (χ2v) is 4.69. The van der Waals surface area contributed by atoms with Crippen molar-refractivity contribution in [2.75, 3.05) is 5.32 Å². The van der Waals surface area contributed by atoms with Gasteiger partial charge in [0.15, 0.2) is 0 Å². The third kappa shape index (κ3) is 3.93. The number of nitrogens with one attached hydrogen (secondary N) is 1. The fraction of sp³-hybridized carbons (Fsp3) is 0.462. The second kappa shape index (κ2) is 5.92. The fourth-order valence-corrected chi connectivity index (χ4v) is 1.70. The molecule has 0 aromatic heterocycles. The predicted molar refractivity (Wildman–Crippen MR) is 70.5 cm³/mol. The molecule has 0 amide bonds. The van der Waals surface area contributed by atoms with Crippen molar-refractivity contribution < 1.29 is 9.53 Å². The summed E-state index contributed by atoms with van der Waals surface area (Å²) in [7, 11) is 0. The van der Waals surface area contributed by atoms with Crippen LogP contribution in [0.25, 0.3) is 0 Å². The predicted octanol–water partition coefficient (Wildman–Crippen LogP) is 3.40. The molecule has 1 N–H and O–H groups in total. The normalized spacial score (nSPS) is 12.4. The summed E-state index contributed by atoms with van der Waals surface area (Å²) in [5.74, 6) is -0.278. The number of aryl methyl sites for hydroxylation is 1. The minimum atomic E-state index is -0.420. The standard InChI is InChI=1S/C13H18ClNO2/c1-8(2)17-13(16)10(4)15-12-9(3)6-5-7-11(12)14/h5-8,10,15H,1-4H3/t10-/m0/s1. The molecule has 0 aliphatic heterocycles. The molecule has 1 aromatic carbocycles. The molecule has 0 spiro atoms. The van der Waals surface area contributed by atoms with Gasteiger partial charge in [-0.1, -0.05) is 23.7 Å². The molecule has 1 rings (SSSR count). The molecule has 0 saturated heterocycles. The van der Waals surface area contributed by atoms with Crippen LogP contribution in [0, 0.1) is 6.92 Å². The third-order valence-electron chi connectivity index (χ3n) is 2.29. The molecule has 0 unspecified atom stereocenters. The molecule has 1 atom stereocenters. The van der Waals surface area contributed by atoms with Crippen LogP contribution < -0.4 is 5.32 Å². The van der Waals surface area contributed by atoms with Crippen molar-refractivity contribution in [3.8, 4) is 0 Å². The zero-order valence-corrected chi connectivity index (χ0v) is 11.3. The molecule has 0 fully saturated rings. The number of carbonyl (C=O) groups excluding carboxylic acids is 1. The lowest BCUT2D eigenvalue weighted by Crippen LogP contribution is -2.30. The molecule has 0 bridgehead atoms. The van der Waals surface area contributed by atoms with Gasteiger partial charge in [0, 0.05) is 0 Å². The average Bonchev–Trinajstić information content (AvgIpc) is 2.22. The van der Waals surface area contributed by atoms with Gasteiger partial charge in [-0.3, -0.25) is 0 Å². The number of anilines is 1. The summed E-state index contributed by atoms with van der Waals surface area (Å²) in [5.41, 5.74) is 1.78. The molecule has 0 heterocycles. The van der Waals surface area contributed by atoms with Crippen LogP contribution in [0.15, 0.2) is 18.2 Å². The Morgan fingerprint density at radius 2 is 2.00 bits per heavy atom. The Bertz CT molecular complexity index is 384. The number of ether oxygens (including phenoxy) is 1. The number of hydrogen-bond donors (Lipinski definition) is 1. The molecule has 0 saturated carbocycles. The minimum absolute atomic E-state index is 0.112. The first-order valence-corrected chi connectivity index (χ1v) is 6.01. The number of esters is 1. The molecule has 4 heteroatoms. The maximum Gasteiger partial charge on any atom is 0.328 e. The molecule has 0 aliphatic rings. The van der Waals surface area contributed by atoms with Crippen molar-refractivity contribution in [3.63, 3.8) is 0 Å². The number of hydrogen-bond acceptors (Lipinski definition) is 3. The molecule has 0 aliphatic carbocycles. The zero-order valence-electron chi connectivity index (χ0n) is 10.6. The van der Waals surface area contributed by atoms with E-state index >= 15 is 0 Å². The Hall–Kier alpha value is -1.22. The van der Waals surface area contributed by atoms with Crippen molar-refractivity contribution in [1.29, 1.82) is 0 Å². The second-order valence-electron chi connectivity index (χ2n) is 4.28. The fourth-order valence-electron chi connectivity index (χ4n) is 1.42. The van der Waals surface area contributed by atoms with E-state index in [4.69, 9.17) is 16.3 Å².